The average molecular weight is 483 g/mol. The molecular formula is C25H24ClFN4O3. The van der Waals surface area contributed by atoms with E-state index in [4.69, 9.17) is 16.3 Å². The molecule has 4 aromatic rings. The Bertz CT molecular complexity index is 1430. The van der Waals surface area contributed by atoms with Crippen LogP contribution >= 0.6 is 11.6 Å². The van der Waals surface area contributed by atoms with Gasteiger partial charge in [0.15, 0.2) is 5.82 Å². The van der Waals surface area contributed by atoms with Crippen molar-refractivity contribution in [3.63, 3.8) is 0 Å². The van der Waals surface area contributed by atoms with E-state index < -0.39 is 0 Å². The first-order valence-electron chi connectivity index (χ1n) is 10.8. The molecule has 1 amide bonds. The van der Waals surface area contributed by atoms with Crippen LogP contribution in [0.3, 0.4) is 0 Å². The van der Waals surface area contributed by atoms with Crippen molar-refractivity contribution in [2.75, 3.05) is 7.11 Å². The minimum absolute atomic E-state index is 0.115. The molecular weight excluding hydrogens is 459 g/mol. The average Bonchev–Trinajstić information content (AvgIpc) is 3.20. The summed E-state index contributed by atoms with van der Waals surface area (Å²) in [4.78, 5) is 29.1. The second kappa shape index (κ2) is 9.30. The number of carbonyl (C=O) groups excluding carboxylic acids is 1. The highest BCUT2D eigenvalue weighted by molar-refractivity contribution is 6.32. The van der Waals surface area contributed by atoms with Gasteiger partial charge in [0.05, 0.1) is 23.7 Å². The van der Waals surface area contributed by atoms with E-state index in [9.17, 15) is 14.0 Å². The summed E-state index contributed by atoms with van der Waals surface area (Å²) in [5, 5.41) is 7.85. The molecule has 0 saturated carbocycles. The van der Waals surface area contributed by atoms with Gasteiger partial charge in [-0.2, -0.15) is 0 Å². The van der Waals surface area contributed by atoms with Gasteiger partial charge < -0.3 is 15.0 Å². The highest BCUT2D eigenvalue weighted by Gasteiger charge is 2.24. The predicted octanol–water partition coefficient (Wildman–Crippen LogP) is 5.11. The van der Waals surface area contributed by atoms with E-state index in [0.29, 0.717) is 38.8 Å². The Morgan fingerprint density at radius 3 is 2.50 bits per heavy atom. The highest BCUT2D eigenvalue weighted by atomic mass is 35.5. The Morgan fingerprint density at radius 1 is 1.18 bits per heavy atom. The van der Waals surface area contributed by atoms with E-state index >= 15 is 0 Å². The number of benzene rings is 2. The summed E-state index contributed by atoms with van der Waals surface area (Å²) >= 11 is 6.23. The van der Waals surface area contributed by atoms with Gasteiger partial charge in [0, 0.05) is 17.3 Å². The summed E-state index contributed by atoms with van der Waals surface area (Å²) in [6.45, 7) is 5.63. The monoisotopic (exact) mass is 482 g/mol. The smallest absolute Gasteiger partial charge is 0.275 e. The summed E-state index contributed by atoms with van der Waals surface area (Å²) in [5.41, 5.74) is 2.24. The Balaban J connectivity index is 1.75. The lowest BCUT2D eigenvalue weighted by molar-refractivity contribution is 0.0938. The second-order valence-electron chi connectivity index (χ2n) is 8.30. The van der Waals surface area contributed by atoms with Crippen LogP contribution in [-0.2, 0) is 0 Å². The maximum Gasteiger partial charge on any atom is 0.275 e. The summed E-state index contributed by atoms with van der Waals surface area (Å²) in [7, 11) is 1.52. The molecule has 0 unspecified atom stereocenters. The number of nitrogens with zero attached hydrogens (tertiary/aromatic N) is 2. The van der Waals surface area contributed by atoms with Gasteiger partial charge in [0.1, 0.15) is 17.1 Å². The Morgan fingerprint density at radius 2 is 1.88 bits per heavy atom. The van der Waals surface area contributed by atoms with E-state index in [1.807, 2.05) is 20.8 Å². The fourth-order valence-electron chi connectivity index (χ4n) is 3.93. The number of halogens is 2. The summed E-state index contributed by atoms with van der Waals surface area (Å²) in [6, 6.07) is 10.7. The van der Waals surface area contributed by atoms with E-state index in [1.54, 1.807) is 36.5 Å². The van der Waals surface area contributed by atoms with Gasteiger partial charge in [0.25, 0.3) is 11.5 Å². The zero-order valence-electron chi connectivity index (χ0n) is 19.1. The standard InChI is InChI=1S/C25H24ClFN4O3/c1-13(2)21-18(24(32)28-14(3)15-5-8-17(27)9-6-15)12-31-22(21)25(33)29-23(30-31)16-7-10-20(34-4)19(26)11-16/h5-14H,1-4H3,(H,28,32)(H,29,30,33)/t14-/m1/s1. The third-order valence-corrected chi connectivity index (χ3v) is 5.94. The lowest BCUT2D eigenvalue weighted by Crippen LogP contribution is -2.27. The molecule has 0 saturated heterocycles. The van der Waals surface area contributed by atoms with Gasteiger partial charge in [-0.1, -0.05) is 37.6 Å². The van der Waals surface area contributed by atoms with Gasteiger partial charge in [-0.05, 0) is 48.7 Å². The van der Waals surface area contributed by atoms with Crippen molar-refractivity contribution in [2.24, 2.45) is 0 Å². The number of hydrogen-bond donors (Lipinski definition) is 2. The van der Waals surface area contributed by atoms with Crippen molar-refractivity contribution in [3.8, 4) is 17.1 Å². The zero-order chi connectivity index (χ0) is 24.6. The largest absolute Gasteiger partial charge is 0.495 e. The van der Waals surface area contributed by atoms with Gasteiger partial charge in [-0.15, -0.1) is 5.10 Å². The molecule has 34 heavy (non-hydrogen) atoms. The maximum absolute atomic E-state index is 13.2. The lowest BCUT2D eigenvalue weighted by atomic mass is 9.99. The molecule has 0 radical (unpaired) electrons. The van der Waals surface area contributed by atoms with Gasteiger partial charge in [0.2, 0.25) is 0 Å². The third-order valence-electron chi connectivity index (χ3n) is 5.65. The van der Waals surface area contributed by atoms with Crippen LogP contribution in [-0.4, -0.2) is 27.6 Å². The number of nitrogens with one attached hydrogen (secondary N) is 2. The minimum Gasteiger partial charge on any atom is -0.495 e. The van der Waals surface area contributed by atoms with E-state index in [0.717, 1.165) is 5.56 Å². The maximum atomic E-state index is 13.2. The molecule has 0 bridgehead atoms. The van der Waals surface area contributed by atoms with E-state index in [2.05, 4.69) is 15.4 Å². The van der Waals surface area contributed by atoms with Crippen LogP contribution in [0.4, 0.5) is 4.39 Å². The van der Waals surface area contributed by atoms with Crippen LogP contribution in [0.15, 0.2) is 53.5 Å². The molecule has 0 aliphatic rings. The molecule has 1 atom stereocenters. The number of aromatic amines is 1. The highest BCUT2D eigenvalue weighted by Crippen LogP contribution is 2.29. The Kier molecular flexibility index (Phi) is 6.43. The molecule has 2 N–H and O–H groups in total. The molecule has 2 aromatic heterocycles. The van der Waals surface area contributed by atoms with Crippen molar-refractivity contribution in [1.29, 1.82) is 0 Å². The molecule has 2 heterocycles. The molecule has 176 valence electrons. The second-order valence-corrected chi connectivity index (χ2v) is 8.71. The molecule has 4 rings (SSSR count). The number of rotatable bonds is 6. The van der Waals surface area contributed by atoms with E-state index in [1.165, 1.54) is 23.8 Å². The van der Waals surface area contributed by atoms with Crippen molar-refractivity contribution >= 4 is 23.0 Å². The number of fused-ring (bicyclic) bond motifs is 1. The first-order valence-corrected chi connectivity index (χ1v) is 11.1. The number of carbonyl (C=O) groups is 1. The van der Waals surface area contributed by atoms with Gasteiger partial charge in [-0.25, -0.2) is 8.91 Å². The molecule has 7 nitrogen and oxygen atoms in total. The van der Waals surface area contributed by atoms with Crippen molar-refractivity contribution in [3.05, 3.63) is 86.5 Å². The van der Waals surface area contributed by atoms with Crippen molar-refractivity contribution in [1.82, 2.24) is 19.9 Å². The fraction of sp³-hybridized carbons (Fsp3) is 0.240. The van der Waals surface area contributed by atoms with Gasteiger partial charge >= 0.3 is 0 Å². The molecule has 0 fully saturated rings. The van der Waals surface area contributed by atoms with Gasteiger partial charge in [-0.3, -0.25) is 9.59 Å². The number of aromatic nitrogens is 3. The summed E-state index contributed by atoms with van der Waals surface area (Å²) < 4.78 is 19.9. The number of H-pyrrole nitrogens is 1. The first kappa shape index (κ1) is 23.5. The van der Waals surface area contributed by atoms with Crippen LogP contribution in [0.2, 0.25) is 5.02 Å². The summed E-state index contributed by atoms with van der Waals surface area (Å²) in [5.74, 6) is 0.00274. The molecule has 0 spiro atoms. The molecule has 2 aromatic carbocycles. The van der Waals surface area contributed by atoms with Crippen LogP contribution in [0.25, 0.3) is 16.9 Å². The van der Waals surface area contributed by atoms with Crippen LogP contribution in [0, 0.1) is 5.82 Å². The molecule has 0 aliphatic carbocycles. The zero-order valence-corrected chi connectivity index (χ0v) is 19.9. The lowest BCUT2D eigenvalue weighted by Gasteiger charge is -2.15. The third kappa shape index (κ3) is 4.41. The first-order chi connectivity index (χ1) is 16.2. The van der Waals surface area contributed by atoms with Crippen LogP contribution in [0.1, 0.15) is 54.2 Å². The Hall–Kier alpha value is -3.65. The fourth-order valence-corrected chi connectivity index (χ4v) is 4.19. The molecule has 9 heteroatoms. The predicted molar refractivity (Wildman–Crippen MR) is 129 cm³/mol. The van der Waals surface area contributed by atoms with Crippen LogP contribution in [0.5, 0.6) is 5.75 Å². The number of ether oxygens (including phenoxy) is 1. The quantitative estimate of drug-likeness (QED) is 0.400. The Labute approximate surface area is 200 Å². The molecule has 0 aliphatic heterocycles. The van der Waals surface area contributed by atoms with Crippen molar-refractivity contribution in [2.45, 2.75) is 32.7 Å². The van der Waals surface area contributed by atoms with Crippen molar-refractivity contribution < 1.29 is 13.9 Å². The topological polar surface area (TPSA) is 88.5 Å². The summed E-state index contributed by atoms with van der Waals surface area (Å²) in [6.07, 6.45) is 1.56. The van der Waals surface area contributed by atoms with Crippen LogP contribution < -0.4 is 15.6 Å². The number of methoxy groups -OCH3 is 1. The minimum atomic E-state index is -0.369. The number of hydrogen-bond acceptors (Lipinski definition) is 4. The normalized spacial score (nSPS) is 12.2. The number of amides is 1. The van der Waals surface area contributed by atoms with E-state index in [-0.39, 0.29) is 29.2 Å². The SMILES string of the molecule is COc1ccc(-c2nn3cc(C(=O)N[C@H](C)c4ccc(F)cc4)c(C(C)C)c3c(=O)[nH]2)cc1Cl.